The van der Waals surface area contributed by atoms with E-state index in [0.717, 1.165) is 31.5 Å². The molecule has 1 fully saturated rings. The molecule has 27 heavy (non-hydrogen) atoms. The lowest BCUT2D eigenvalue weighted by atomic mass is 9.95. The number of likely N-dealkylation sites (tertiary alicyclic amines) is 1. The summed E-state index contributed by atoms with van der Waals surface area (Å²) in [5, 5.41) is 3.14. The van der Waals surface area contributed by atoms with Crippen molar-refractivity contribution in [3.8, 4) is 5.75 Å². The Balaban J connectivity index is 1.81. The number of ether oxygens (including phenoxy) is 1. The molecule has 0 radical (unpaired) electrons. The van der Waals surface area contributed by atoms with Gasteiger partial charge in [-0.1, -0.05) is 6.07 Å². The highest BCUT2D eigenvalue weighted by Gasteiger charge is 2.30. The summed E-state index contributed by atoms with van der Waals surface area (Å²) in [7, 11) is 1.66. The molecule has 2 rings (SSSR count). The van der Waals surface area contributed by atoms with Crippen LogP contribution in [-0.2, 0) is 11.0 Å². The quantitative estimate of drug-likeness (QED) is 0.447. The minimum atomic E-state index is -4.39. The number of carbonyl (C=O) groups is 1. The van der Waals surface area contributed by atoms with Crippen molar-refractivity contribution in [2.75, 3.05) is 33.3 Å². The molecule has 1 heterocycles. The van der Waals surface area contributed by atoms with Gasteiger partial charge in [0.2, 0.25) is 5.91 Å². The maximum absolute atomic E-state index is 12.7. The number of amides is 1. The van der Waals surface area contributed by atoms with E-state index < -0.39 is 11.7 Å². The summed E-state index contributed by atoms with van der Waals surface area (Å²) in [6.07, 6.45) is -2.14. The Bertz CT molecular complexity index is 664. The van der Waals surface area contributed by atoms with Gasteiger partial charge in [-0.2, -0.15) is 13.2 Å². The standard InChI is InChI=1S/C18H25F3N4O2/c1-23-17(25-8-3-4-13(12-25)10-16(22)26)24-7-9-27-15-6-2-5-14(11-15)18(19,20)21/h2,5-6,11,13H,3-4,7-10,12H2,1H3,(H2,22,26)(H,23,24). The number of nitrogens with one attached hydrogen (secondary N) is 1. The van der Waals surface area contributed by atoms with Crippen LogP contribution in [0.4, 0.5) is 13.2 Å². The van der Waals surface area contributed by atoms with Gasteiger partial charge >= 0.3 is 6.18 Å². The van der Waals surface area contributed by atoms with Crippen LogP contribution < -0.4 is 15.8 Å². The summed E-state index contributed by atoms with van der Waals surface area (Å²) in [5.41, 5.74) is 4.54. The van der Waals surface area contributed by atoms with Gasteiger partial charge in [-0.25, -0.2) is 0 Å². The molecule has 9 heteroatoms. The largest absolute Gasteiger partial charge is 0.492 e. The lowest BCUT2D eigenvalue weighted by Gasteiger charge is -2.34. The van der Waals surface area contributed by atoms with Crippen molar-refractivity contribution in [1.82, 2.24) is 10.2 Å². The third-order valence-corrected chi connectivity index (χ3v) is 4.34. The molecule has 3 N–H and O–H groups in total. The van der Waals surface area contributed by atoms with Crippen molar-refractivity contribution < 1.29 is 22.7 Å². The zero-order valence-corrected chi connectivity index (χ0v) is 15.3. The number of hydrogen-bond acceptors (Lipinski definition) is 3. The molecule has 1 unspecified atom stereocenters. The van der Waals surface area contributed by atoms with E-state index >= 15 is 0 Å². The summed E-state index contributed by atoms with van der Waals surface area (Å²) in [6.45, 7) is 2.10. The molecule has 0 spiro atoms. The predicted molar refractivity (Wildman–Crippen MR) is 96.4 cm³/mol. The molecule has 6 nitrogen and oxygen atoms in total. The van der Waals surface area contributed by atoms with E-state index in [0.29, 0.717) is 25.5 Å². The van der Waals surface area contributed by atoms with E-state index in [1.807, 2.05) is 0 Å². The topological polar surface area (TPSA) is 80.0 Å². The van der Waals surface area contributed by atoms with Gasteiger partial charge in [0.05, 0.1) is 12.1 Å². The minimum absolute atomic E-state index is 0.168. The first-order chi connectivity index (χ1) is 12.8. The second-order valence-electron chi connectivity index (χ2n) is 6.47. The van der Waals surface area contributed by atoms with Crippen molar-refractivity contribution >= 4 is 11.9 Å². The summed E-state index contributed by atoms with van der Waals surface area (Å²) in [4.78, 5) is 17.4. The molecular formula is C18H25F3N4O2. The van der Waals surface area contributed by atoms with Gasteiger partial charge in [-0.15, -0.1) is 0 Å². The number of benzene rings is 1. The molecule has 1 atom stereocenters. The number of carbonyl (C=O) groups excluding carboxylic acids is 1. The molecular weight excluding hydrogens is 361 g/mol. The van der Waals surface area contributed by atoms with E-state index in [9.17, 15) is 18.0 Å². The molecule has 1 aliphatic heterocycles. The Kier molecular flexibility index (Phi) is 7.32. The number of rotatable bonds is 6. The van der Waals surface area contributed by atoms with E-state index in [1.54, 1.807) is 7.05 Å². The first-order valence-electron chi connectivity index (χ1n) is 8.83. The number of nitrogens with two attached hydrogens (primary N) is 1. The Morgan fingerprint density at radius 2 is 2.22 bits per heavy atom. The predicted octanol–water partition coefficient (Wildman–Crippen LogP) is 2.25. The monoisotopic (exact) mass is 386 g/mol. The first-order valence-corrected chi connectivity index (χ1v) is 8.83. The molecule has 0 bridgehead atoms. The Morgan fingerprint density at radius 1 is 1.44 bits per heavy atom. The van der Waals surface area contributed by atoms with Crippen LogP contribution in [0.3, 0.4) is 0 Å². The highest BCUT2D eigenvalue weighted by Crippen LogP contribution is 2.31. The van der Waals surface area contributed by atoms with Gasteiger partial charge in [0.15, 0.2) is 5.96 Å². The second kappa shape index (κ2) is 9.48. The Hall–Kier alpha value is -2.45. The van der Waals surface area contributed by atoms with Gasteiger partial charge in [-0.05, 0) is 37.0 Å². The fraction of sp³-hybridized carbons (Fsp3) is 0.556. The lowest BCUT2D eigenvalue weighted by molar-refractivity contribution is -0.137. The first kappa shape index (κ1) is 20.9. The van der Waals surface area contributed by atoms with Gasteiger partial charge < -0.3 is 20.7 Å². The highest BCUT2D eigenvalue weighted by atomic mass is 19.4. The molecule has 1 aliphatic rings. The van der Waals surface area contributed by atoms with Crippen LogP contribution in [0.15, 0.2) is 29.3 Å². The van der Waals surface area contributed by atoms with Crippen LogP contribution in [0.1, 0.15) is 24.8 Å². The maximum Gasteiger partial charge on any atom is 0.416 e. The van der Waals surface area contributed by atoms with Crippen LogP contribution in [0.25, 0.3) is 0 Å². The molecule has 0 aromatic heterocycles. The average molecular weight is 386 g/mol. The molecule has 1 aromatic carbocycles. The summed E-state index contributed by atoms with van der Waals surface area (Å²) in [5.74, 6) is 0.744. The summed E-state index contributed by atoms with van der Waals surface area (Å²) < 4.78 is 43.5. The van der Waals surface area contributed by atoms with Crippen molar-refractivity contribution in [1.29, 1.82) is 0 Å². The van der Waals surface area contributed by atoms with Crippen LogP contribution in [0, 0.1) is 5.92 Å². The zero-order valence-electron chi connectivity index (χ0n) is 15.3. The van der Waals surface area contributed by atoms with Crippen LogP contribution >= 0.6 is 0 Å². The van der Waals surface area contributed by atoms with Gasteiger partial charge in [0.25, 0.3) is 0 Å². The Labute approximate surface area is 156 Å². The number of nitrogens with zero attached hydrogens (tertiary/aromatic N) is 2. The maximum atomic E-state index is 12.7. The fourth-order valence-electron chi connectivity index (χ4n) is 3.13. The van der Waals surface area contributed by atoms with Gasteiger partial charge in [0.1, 0.15) is 12.4 Å². The van der Waals surface area contributed by atoms with Crippen LogP contribution in [-0.4, -0.2) is 50.1 Å². The number of hydrogen-bond donors (Lipinski definition) is 2. The molecule has 1 amide bonds. The number of guanidine groups is 1. The van der Waals surface area contributed by atoms with E-state index in [4.69, 9.17) is 10.5 Å². The van der Waals surface area contributed by atoms with Crippen molar-refractivity contribution in [2.45, 2.75) is 25.4 Å². The number of alkyl halides is 3. The van der Waals surface area contributed by atoms with Crippen molar-refractivity contribution in [3.63, 3.8) is 0 Å². The fourth-order valence-corrected chi connectivity index (χ4v) is 3.13. The normalized spacial score (nSPS) is 18.3. The third-order valence-electron chi connectivity index (χ3n) is 4.34. The van der Waals surface area contributed by atoms with E-state index in [2.05, 4.69) is 15.2 Å². The zero-order chi connectivity index (χ0) is 19.9. The second-order valence-corrected chi connectivity index (χ2v) is 6.47. The number of primary amides is 1. The number of halogens is 3. The molecule has 1 saturated heterocycles. The minimum Gasteiger partial charge on any atom is -0.492 e. The third kappa shape index (κ3) is 6.65. The number of aliphatic imine (C=N–C) groups is 1. The highest BCUT2D eigenvalue weighted by molar-refractivity contribution is 5.80. The van der Waals surface area contributed by atoms with E-state index in [-0.39, 0.29) is 24.2 Å². The lowest BCUT2D eigenvalue weighted by Crippen LogP contribution is -2.48. The average Bonchev–Trinajstić information content (AvgIpc) is 2.61. The van der Waals surface area contributed by atoms with Gasteiger partial charge in [0, 0.05) is 26.6 Å². The van der Waals surface area contributed by atoms with Crippen LogP contribution in [0.5, 0.6) is 5.75 Å². The molecule has 0 saturated carbocycles. The van der Waals surface area contributed by atoms with Crippen LogP contribution in [0.2, 0.25) is 0 Å². The molecule has 150 valence electrons. The smallest absolute Gasteiger partial charge is 0.416 e. The summed E-state index contributed by atoms with van der Waals surface area (Å²) in [6, 6.07) is 4.79. The Morgan fingerprint density at radius 3 is 2.89 bits per heavy atom. The molecule has 0 aliphatic carbocycles. The SMILES string of the molecule is CN=C(NCCOc1cccc(C(F)(F)F)c1)N1CCCC(CC(N)=O)C1. The molecule has 1 aromatic rings. The van der Waals surface area contributed by atoms with E-state index in [1.165, 1.54) is 12.1 Å². The van der Waals surface area contributed by atoms with Crippen molar-refractivity contribution in [3.05, 3.63) is 29.8 Å². The summed E-state index contributed by atoms with van der Waals surface area (Å²) >= 11 is 0. The number of piperidine rings is 1. The van der Waals surface area contributed by atoms with Crippen molar-refractivity contribution in [2.24, 2.45) is 16.6 Å². The van der Waals surface area contributed by atoms with Gasteiger partial charge in [-0.3, -0.25) is 9.79 Å².